The zero-order valence-corrected chi connectivity index (χ0v) is 24.2. The van der Waals surface area contributed by atoms with Crippen LogP contribution in [0.3, 0.4) is 0 Å². The molecular weight excluding hydrogens is 524 g/mol. The molecule has 8 nitrogen and oxygen atoms in total. The number of H-pyrrole nitrogens is 1. The molecule has 2 aromatic carbocycles. The van der Waals surface area contributed by atoms with Crippen molar-refractivity contribution < 1.29 is 17.9 Å². The van der Waals surface area contributed by atoms with Crippen molar-refractivity contribution >= 4 is 32.5 Å². The van der Waals surface area contributed by atoms with Crippen LogP contribution >= 0.6 is 0 Å². The molecule has 0 radical (unpaired) electrons. The number of nitrogens with one attached hydrogen (secondary N) is 3. The molecule has 40 heavy (non-hydrogen) atoms. The monoisotopic (exact) mass is 558 g/mol. The molecule has 208 valence electrons. The van der Waals surface area contributed by atoms with Gasteiger partial charge in [0.15, 0.2) is 0 Å². The van der Waals surface area contributed by atoms with Gasteiger partial charge in [-0.05, 0) is 94.5 Å². The van der Waals surface area contributed by atoms with E-state index >= 15 is 0 Å². The van der Waals surface area contributed by atoms with Crippen molar-refractivity contribution in [3.63, 3.8) is 0 Å². The average Bonchev–Trinajstić information content (AvgIpc) is 3.48. The zero-order chi connectivity index (χ0) is 28.4. The van der Waals surface area contributed by atoms with Crippen LogP contribution in [0.25, 0.3) is 10.9 Å². The van der Waals surface area contributed by atoms with Crippen LogP contribution in [0.4, 0.5) is 5.69 Å². The summed E-state index contributed by atoms with van der Waals surface area (Å²) < 4.78 is 35.6. The summed E-state index contributed by atoms with van der Waals surface area (Å²) in [6, 6.07) is 14.2. The van der Waals surface area contributed by atoms with Gasteiger partial charge in [0.05, 0.1) is 10.5 Å². The molecule has 1 spiro atoms. The number of anilines is 1. The van der Waals surface area contributed by atoms with Gasteiger partial charge >= 0.3 is 0 Å². The quantitative estimate of drug-likeness (QED) is 0.287. The van der Waals surface area contributed by atoms with Crippen LogP contribution in [-0.4, -0.2) is 35.9 Å². The maximum atomic E-state index is 13.3. The Bertz CT molecular complexity index is 1760. The van der Waals surface area contributed by atoms with Crippen LogP contribution < -0.4 is 14.8 Å². The molecule has 2 aromatic heterocycles. The fourth-order valence-electron chi connectivity index (χ4n) is 6.02. The lowest BCUT2D eigenvalue weighted by molar-refractivity contribution is 0.0594. The summed E-state index contributed by atoms with van der Waals surface area (Å²) in [7, 11) is -3.72. The minimum Gasteiger partial charge on any atom is -0.471 e. The number of benzene rings is 2. The average molecular weight is 559 g/mol. The van der Waals surface area contributed by atoms with Gasteiger partial charge in [-0.15, -0.1) is 0 Å². The van der Waals surface area contributed by atoms with E-state index in [1.54, 1.807) is 12.1 Å². The van der Waals surface area contributed by atoms with E-state index in [4.69, 9.17) is 4.74 Å². The first kappa shape index (κ1) is 26.5. The number of carbonyl (C=O) groups excluding carboxylic acids is 1. The molecule has 1 fully saturated rings. The van der Waals surface area contributed by atoms with E-state index in [0.717, 1.165) is 39.7 Å². The Morgan fingerprint density at radius 2 is 1.88 bits per heavy atom. The van der Waals surface area contributed by atoms with Gasteiger partial charge in [0.2, 0.25) is 15.9 Å². The third kappa shape index (κ3) is 4.57. The summed E-state index contributed by atoms with van der Waals surface area (Å²) in [6.07, 6.45) is 3.57. The highest BCUT2D eigenvalue weighted by Gasteiger charge is 2.62. The summed E-state index contributed by atoms with van der Waals surface area (Å²) in [4.78, 5) is 21.4. The predicted octanol–water partition coefficient (Wildman–Crippen LogP) is 5.54. The minimum atomic E-state index is -3.72. The van der Waals surface area contributed by atoms with Gasteiger partial charge in [-0.1, -0.05) is 19.1 Å². The number of ether oxygens (including phenoxy) is 1. The van der Waals surface area contributed by atoms with Gasteiger partial charge in [-0.25, -0.2) is 18.1 Å². The highest BCUT2D eigenvalue weighted by Crippen LogP contribution is 2.59. The van der Waals surface area contributed by atoms with Crippen molar-refractivity contribution in [2.24, 2.45) is 0 Å². The molecule has 1 aliphatic heterocycles. The summed E-state index contributed by atoms with van der Waals surface area (Å²) in [5.41, 5.74) is 5.16. The number of sulfonamides is 1. The van der Waals surface area contributed by atoms with Crippen molar-refractivity contribution in [3.8, 4) is 5.88 Å². The maximum Gasteiger partial charge on any atom is 0.257 e. The molecule has 3 heterocycles. The Morgan fingerprint density at radius 1 is 1.12 bits per heavy atom. The number of aromatic amines is 1. The number of hydrogen-bond donors (Lipinski definition) is 3. The van der Waals surface area contributed by atoms with E-state index in [-0.39, 0.29) is 16.8 Å². The molecular formula is C31H34N4O4S. The van der Waals surface area contributed by atoms with Gasteiger partial charge in [0, 0.05) is 45.5 Å². The van der Waals surface area contributed by atoms with Crippen LogP contribution in [0.15, 0.2) is 59.6 Å². The van der Waals surface area contributed by atoms with Crippen molar-refractivity contribution in [3.05, 3.63) is 82.7 Å². The van der Waals surface area contributed by atoms with Crippen molar-refractivity contribution in [2.75, 3.05) is 5.32 Å². The number of carbonyl (C=O) groups is 1. The molecule has 1 saturated carbocycles. The molecule has 6 rings (SSSR count). The van der Waals surface area contributed by atoms with Gasteiger partial charge in [0.1, 0.15) is 5.60 Å². The molecule has 0 bridgehead atoms. The number of aromatic nitrogens is 2. The Balaban J connectivity index is 1.28. The first-order valence-corrected chi connectivity index (χ1v) is 15.1. The van der Waals surface area contributed by atoms with Gasteiger partial charge in [-0.2, -0.15) is 0 Å². The molecule has 2 unspecified atom stereocenters. The lowest BCUT2D eigenvalue weighted by Crippen LogP contribution is -2.42. The van der Waals surface area contributed by atoms with Crippen molar-refractivity contribution in [1.29, 1.82) is 0 Å². The van der Waals surface area contributed by atoms with Crippen LogP contribution in [0.5, 0.6) is 5.88 Å². The summed E-state index contributed by atoms with van der Waals surface area (Å²) in [6.45, 7) is 10.1. The van der Waals surface area contributed by atoms with Crippen LogP contribution in [0.2, 0.25) is 0 Å². The topological polar surface area (TPSA) is 113 Å². The van der Waals surface area contributed by atoms with Crippen LogP contribution in [-0.2, 0) is 21.9 Å². The molecule has 9 heteroatoms. The fraction of sp³-hybridized carbons (Fsp3) is 0.355. The fourth-order valence-corrected chi connectivity index (χ4v) is 7.34. The Labute approximate surface area is 234 Å². The third-order valence-corrected chi connectivity index (χ3v) is 9.83. The van der Waals surface area contributed by atoms with E-state index in [0.29, 0.717) is 30.0 Å². The second-order valence-electron chi connectivity index (χ2n) is 11.7. The maximum absolute atomic E-state index is 13.3. The molecule has 2 aliphatic rings. The number of aryl methyl sites for hydroxylation is 3. The lowest BCUT2D eigenvalue weighted by Gasteiger charge is -2.38. The molecule has 1 amide bonds. The number of fused-ring (bicyclic) bond motifs is 3. The van der Waals surface area contributed by atoms with Gasteiger partial charge in [0.25, 0.3) is 5.91 Å². The number of amides is 1. The van der Waals surface area contributed by atoms with Crippen LogP contribution in [0.1, 0.15) is 66.4 Å². The van der Waals surface area contributed by atoms with E-state index in [1.165, 1.54) is 6.20 Å². The SMILES string of the molecule is CCc1ccc(S(=O)(=O)NC2CC23CC(C)(C)Oc2ncc(C(=O)Nc4ccc5[nH]c(C)c(C)c5c4)cc23)cc1. The van der Waals surface area contributed by atoms with Crippen molar-refractivity contribution in [1.82, 2.24) is 14.7 Å². The Hall–Kier alpha value is -3.69. The first-order valence-electron chi connectivity index (χ1n) is 13.6. The Morgan fingerprint density at radius 3 is 2.60 bits per heavy atom. The highest BCUT2D eigenvalue weighted by atomic mass is 32.2. The number of pyridine rings is 1. The predicted molar refractivity (Wildman–Crippen MR) is 156 cm³/mol. The lowest BCUT2D eigenvalue weighted by atomic mass is 9.81. The van der Waals surface area contributed by atoms with Crippen LogP contribution in [0, 0.1) is 13.8 Å². The molecule has 3 N–H and O–H groups in total. The highest BCUT2D eigenvalue weighted by molar-refractivity contribution is 7.89. The van der Waals surface area contributed by atoms with Crippen molar-refractivity contribution in [2.45, 2.75) is 75.8 Å². The second-order valence-corrected chi connectivity index (χ2v) is 13.5. The van der Waals surface area contributed by atoms with Gasteiger partial charge < -0.3 is 15.0 Å². The first-order chi connectivity index (χ1) is 18.9. The number of rotatable bonds is 6. The van der Waals surface area contributed by atoms with Gasteiger partial charge in [-0.3, -0.25) is 4.79 Å². The molecule has 1 aliphatic carbocycles. The molecule has 2 atom stereocenters. The second kappa shape index (κ2) is 9.17. The smallest absolute Gasteiger partial charge is 0.257 e. The number of hydrogen-bond acceptors (Lipinski definition) is 5. The molecule has 0 saturated heterocycles. The Kier molecular flexibility index (Phi) is 6.08. The largest absolute Gasteiger partial charge is 0.471 e. The summed E-state index contributed by atoms with van der Waals surface area (Å²) >= 11 is 0. The van der Waals surface area contributed by atoms with E-state index in [9.17, 15) is 13.2 Å². The third-order valence-electron chi connectivity index (χ3n) is 8.34. The standard InChI is InChI=1S/C31H34N4O4S/c1-6-20-7-10-23(11-8-20)40(37,38)35-27-15-31(27)17-30(4,5)39-29-25(31)13-21(16-32-29)28(36)34-22-9-12-26-24(14-22)18(2)19(3)33-26/h7-14,16,27,33,35H,6,15,17H2,1-5H3,(H,34,36). The number of nitrogens with zero attached hydrogens (tertiary/aromatic N) is 1. The normalized spacial score (nSPS) is 21.2. The van der Waals surface area contributed by atoms with E-state index in [2.05, 4.69) is 26.9 Å². The zero-order valence-electron chi connectivity index (χ0n) is 23.4. The minimum absolute atomic E-state index is 0.245. The summed E-state index contributed by atoms with van der Waals surface area (Å²) in [5, 5.41) is 4.05. The van der Waals surface area contributed by atoms with E-state index < -0.39 is 21.0 Å². The van der Waals surface area contributed by atoms with E-state index in [1.807, 2.05) is 64.1 Å². The summed E-state index contributed by atoms with van der Waals surface area (Å²) in [5.74, 6) is 0.162. The molecule has 4 aromatic rings.